The average Bonchev–Trinajstić information content (AvgIpc) is 2.93. The molecule has 0 aliphatic carbocycles. The van der Waals surface area contributed by atoms with Crippen LogP contribution in [0.4, 0.5) is 11.5 Å². The molecule has 0 saturated carbocycles. The first-order valence-electron chi connectivity index (χ1n) is 9.39. The number of pyridine rings is 2. The number of carbonyl (C=O) groups excluding carboxylic acids is 2. The van der Waals surface area contributed by atoms with E-state index in [1.54, 1.807) is 6.07 Å². The minimum Gasteiger partial charge on any atom is -0.381 e. The van der Waals surface area contributed by atoms with E-state index >= 15 is 0 Å². The van der Waals surface area contributed by atoms with Gasteiger partial charge >= 0.3 is 0 Å². The van der Waals surface area contributed by atoms with Gasteiger partial charge in [-0.25, -0.2) is 4.98 Å². The number of primary amides is 1. The number of anilines is 2. The van der Waals surface area contributed by atoms with Crippen molar-refractivity contribution >= 4 is 23.3 Å². The molecule has 2 aromatic rings. The SMILES string of the molecule is CN(C)c1ccc(NC2CCCN(C(=O)c3ccc(C(N)=O)nc3)CC2)cn1. The van der Waals surface area contributed by atoms with Crippen molar-refractivity contribution in [1.82, 2.24) is 14.9 Å². The van der Waals surface area contributed by atoms with Gasteiger partial charge in [-0.15, -0.1) is 0 Å². The third kappa shape index (κ3) is 4.76. The number of amides is 2. The molecule has 3 N–H and O–H groups in total. The van der Waals surface area contributed by atoms with Crippen LogP contribution in [-0.4, -0.2) is 59.9 Å². The first-order valence-corrected chi connectivity index (χ1v) is 9.39. The lowest BCUT2D eigenvalue weighted by molar-refractivity contribution is 0.0760. The molecule has 1 atom stereocenters. The highest BCUT2D eigenvalue weighted by Crippen LogP contribution is 2.19. The number of likely N-dealkylation sites (tertiary alicyclic amines) is 1. The number of aromatic nitrogens is 2. The van der Waals surface area contributed by atoms with Crippen LogP contribution >= 0.6 is 0 Å². The summed E-state index contributed by atoms with van der Waals surface area (Å²) in [7, 11) is 3.92. The van der Waals surface area contributed by atoms with Gasteiger partial charge in [0.25, 0.3) is 11.8 Å². The molecule has 1 aliphatic rings. The molecule has 0 aromatic carbocycles. The average molecular weight is 382 g/mol. The molecule has 8 heteroatoms. The summed E-state index contributed by atoms with van der Waals surface area (Å²) < 4.78 is 0. The van der Waals surface area contributed by atoms with Crippen LogP contribution in [-0.2, 0) is 0 Å². The van der Waals surface area contributed by atoms with Crippen molar-refractivity contribution in [2.24, 2.45) is 5.73 Å². The molecule has 8 nitrogen and oxygen atoms in total. The van der Waals surface area contributed by atoms with E-state index in [0.717, 1.165) is 30.8 Å². The Labute approximate surface area is 164 Å². The number of hydrogen-bond donors (Lipinski definition) is 2. The van der Waals surface area contributed by atoms with E-state index in [2.05, 4.69) is 15.3 Å². The zero-order chi connectivity index (χ0) is 20.1. The Bertz CT molecular complexity index is 820. The second-order valence-corrected chi connectivity index (χ2v) is 7.16. The van der Waals surface area contributed by atoms with Gasteiger partial charge in [0.1, 0.15) is 11.5 Å². The fourth-order valence-corrected chi connectivity index (χ4v) is 3.26. The van der Waals surface area contributed by atoms with E-state index in [4.69, 9.17) is 5.73 Å². The Balaban J connectivity index is 1.58. The van der Waals surface area contributed by atoms with Crippen LogP contribution in [0.2, 0.25) is 0 Å². The first kappa shape index (κ1) is 19.6. The zero-order valence-electron chi connectivity index (χ0n) is 16.3. The van der Waals surface area contributed by atoms with Gasteiger partial charge < -0.3 is 20.9 Å². The minimum atomic E-state index is -0.601. The van der Waals surface area contributed by atoms with Crippen molar-refractivity contribution < 1.29 is 9.59 Å². The Morgan fingerprint density at radius 1 is 1.11 bits per heavy atom. The maximum absolute atomic E-state index is 12.7. The molecule has 0 spiro atoms. The molecule has 1 unspecified atom stereocenters. The standard InChI is InChI=1S/C20H26N6O2/c1-25(2)18-8-6-16(13-23-18)24-15-4-3-10-26(11-9-15)20(28)14-5-7-17(19(21)27)22-12-14/h5-8,12-13,15,24H,3-4,9-11H2,1-2H3,(H2,21,27). The van der Waals surface area contributed by atoms with Gasteiger partial charge in [-0.1, -0.05) is 0 Å². The van der Waals surface area contributed by atoms with Crippen molar-refractivity contribution in [3.8, 4) is 0 Å². The number of rotatable bonds is 5. The van der Waals surface area contributed by atoms with Gasteiger partial charge in [-0.3, -0.25) is 14.6 Å². The fourth-order valence-electron chi connectivity index (χ4n) is 3.26. The number of nitrogens with one attached hydrogen (secondary N) is 1. The highest BCUT2D eigenvalue weighted by Gasteiger charge is 2.22. The lowest BCUT2D eigenvalue weighted by atomic mass is 10.1. The quantitative estimate of drug-likeness (QED) is 0.816. The van der Waals surface area contributed by atoms with Crippen LogP contribution in [0.3, 0.4) is 0 Å². The van der Waals surface area contributed by atoms with Crippen LogP contribution < -0.4 is 16.0 Å². The van der Waals surface area contributed by atoms with Crippen molar-refractivity contribution in [3.05, 3.63) is 47.9 Å². The van der Waals surface area contributed by atoms with Gasteiger partial charge in [-0.05, 0) is 43.5 Å². The van der Waals surface area contributed by atoms with E-state index < -0.39 is 5.91 Å². The summed E-state index contributed by atoms with van der Waals surface area (Å²) in [5, 5.41) is 3.52. The molecule has 1 fully saturated rings. The van der Waals surface area contributed by atoms with Crippen molar-refractivity contribution in [1.29, 1.82) is 0 Å². The minimum absolute atomic E-state index is 0.0684. The molecule has 3 rings (SSSR count). The third-order valence-corrected chi connectivity index (χ3v) is 4.86. The van der Waals surface area contributed by atoms with Gasteiger partial charge in [0.05, 0.1) is 17.4 Å². The molecule has 3 heterocycles. The fraction of sp³-hybridized carbons (Fsp3) is 0.400. The lowest BCUT2D eigenvalue weighted by Crippen LogP contribution is -2.33. The molecule has 2 aromatic heterocycles. The van der Waals surface area contributed by atoms with Crippen LogP contribution in [0.15, 0.2) is 36.7 Å². The Kier molecular flexibility index (Phi) is 6.08. The molecule has 0 bridgehead atoms. The van der Waals surface area contributed by atoms with Gasteiger partial charge in [-0.2, -0.15) is 0 Å². The second kappa shape index (κ2) is 8.69. The molecule has 1 saturated heterocycles. The number of carbonyl (C=O) groups is 2. The van der Waals surface area contributed by atoms with Crippen molar-refractivity contribution in [2.45, 2.75) is 25.3 Å². The van der Waals surface area contributed by atoms with Crippen LogP contribution in [0.1, 0.15) is 40.1 Å². The molecule has 0 radical (unpaired) electrons. The van der Waals surface area contributed by atoms with E-state index in [-0.39, 0.29) is 11.6 Å². The number of nitrogens with zero attached hydrogens (tertiary/aromatic N) is 4. The molecule has 1 aliphatic heterocycles. The van der Waals surface area contributed by atoms with Gasteiger partial charge in [0.15, 0.2) is 0 Å². The Hall–Kier alpha value is -3.16. The normalized spacial score (nSPS) is 16.9. The van der Waals surface area contributed by atoms with E-state index in [9.17, 15) is 9.59 Å². The Morgan fingerprint density at radius 2 is 1.93 bits per heavy atom. The molecule has 148 valence electrons. The zero-order valence-corrected chi connectivity index (χ0v) is 16.3. The Morgan fingerprint density at radius 3 is 2.54 bits per heavy atom. The van der Waals surface area contributed by atoms with Crippen LogP contribution in [0, 0.1) is 0 Å². The summed E-state index contributed by atoms with van der Waals surface area (Å²) in [6, 6.07) is 7.40. The highest BCUT2D eigenvalue weighted by atomic mass is 16.2. The van der Waals surface area contributed by atoms with Crippen molar-refractivity contribution in [2.75, 3.05) is 37.4 Å². The largest absolute Gasteiger partial charge is 0.381 e. The summed E-state index contributed by atoms with van der Waals surface area (Å²) in [4.78, 5) is 36.0. The molecular weight excluding hydrogens is 356 g/mol. The summed E-state index contributed by atoms with van der Waals surface area (Å²) in [5.74, 6) is 0.246. The summed E-state index contributed by atoms with van der Waals surface area (Å²) >= 11 is 0. The summed E-state index contributed by atoms with van der Waals surface area (Å²) in [6.45, 7) is 1.36. The van der Waals surface area contributed by atoms with Crippen LogP contribution in [0.5, 0.6) is 0 Å². The maximum Gasteiger partial charge on any atom is 0.267 e. The van der Waals surface area contributed by atoms with Crippen LogP contribution in [0.25, 0.3) is 0 Å². The number of nitrogens with two attached hydrogens (primary N) is 1. The first-order chi connectivity index (χ1) is 13.4. The molecule has 2 amide bonds. The highest BCUT2D eigenvalue weighted by molar-refractivity contribution is 5.95. The third-order valence-electron chi connectivity index (χ3n) is 4.86. The molecule has 28 heavy (non-hydrogen) atoms. The topological polar surface area (TPSA) is 104 Å². The predicted molar refractivity (Wildman–Crippen MR) is 108 cm³/mol. The monoisotopic (exact) mass is 382 g/mol. The van der Waals surface area contributed by atoms with Gasteiger partial charge in [0.2, 0.25) is 0 Å². The number of hydrogen-bond acceptors (Lipinski definition) is 6. The van der Waals surface area contributed by atoms with Crippen molar-refractivity contribution in [3.63, 3.8) is 0 Å². The van der Waals surface area contributed by atoms with E-state index in [0.29, 0.717) is 24.7 Å². The van der Waals surface area contributed by atoms with Gasteiger partial charge in [0, 0.05) is 39.4 Å². The lowest BCUT2D eigenvalue weighted by Gasteiger charge is -2.21. The smallest absolute Gasteiger partial charge is 0.267 e. The maximum atomic E-state index is 12.7. The van der Waals surface area contributed by atoms with E-state index in [1.807, 2.05) is 42.2 Å². The summed E-state index contributed by atoms with van der Waals surface area (Å²) in [5.41, 5.74) is 6.81. The second-order valence-electron chi connectivity index (χ2n) is 7.16. The van der Waals surface area contributed by atoms with E-state index in [1.165, 1.54) is 12.3 Å². The molecular formula is C20H26N6O2. The predicted octanol–water partition coefficient (Wildman–Crippen LogP) is 1.75. The summed E-state index contributed by atoms with van der Waals surface area (Å²) in [6.07, 6.45) is 6.02.